The lowest BCUT2D eigenvalue weighted by Gasteiger charge is -2.33. The molecule has 1 rings (SSSR count). The van der Waals surface area contributed by atoms with Crippen molar-refractivity contribution >= 4 is 23.5 Å². The van der Waals surface area contributed by atoms with E-state index in [1.807, 2.05) is 11.8 Å². The molecule has 0 aromatic heterocycles. The van der Waals surface area contributed by atoms with Crippen molar-refractivity contribution in [3.63, 3.8) is 0 Å². The van der Waals surface area contributed by atoms with Crippen LogP contribution in [0.25, 0.3) is 0 Å². The third-order valence-electron chi connectivity index (χ3n) is 2.71. The van der Waals surface area contributed by atoms with Crippen LogP contribution < -0.4 is 0 Å². The Bertz CT molecular complexity index is 117. The molecule has 0 radical (unpaired) electrons. The lowest BCUT2D eigenvalue weighted by Crippen LogP contribution is -2.22. The van der Waals surface area contributed by atoms with E-state index in [-0.39, 0.29) is 0 Å². The van der Waals surface area contributed by atoms with Crippen molar-refractivity contribution in [2.24, 2.45) is 5.41 Å². The van der Waals surface area contributed by atoms with E-state index in [9.17, 15) is 0 Å². The van der Waals surface area contributed by atoms with Crippen LogP contribution in [0.15, 0.2) is 0 Å². The lowest BCUT2D eigenvalue weighted by molar-refractivity contribution is 0.251. The molecule has 1 saturated carbocycles. The van der Waals surface area contributed by atoms with E-state index in [1.165, 1.54) is 42.9 Å². The summed E-state index contributed by atoms with van der Waals surface area (Å²) in [6, 6.07) is 0. The maximum atomic E-state index is 2.47. The predicted molar refractivity (Wildman–Crippen MR) is 62.0 cm³/mol. The minimum absolute atomic E-state index is 0.679. The number of hydrogen-bond donors (Lipinski definition) is 0. The highest BCUT2D eigenvalue weighted by Crippen LogP contribution is 2.38. The quantitative estimate of drug-likeness (QED) is 0.501. The zero-order chi connectivity index (χ0) is 8.86. The van der Waals surface area contributed by atoms with Crippen molar-refractivity contribution in [1.82, 2.24) is 0 Å². The van der Waals surface area contributed by atoms with E-state index < -0.39 is 0 Å². The maximum absolute atomic E-state index is 2.47. The Balaban J connectivity index is 2.17. The van der Waals surface area contributed by atoms with Gasteiger partial charge in [-0.1, -0.05) is 26.2 Å². The molecular weight excluding hydrogens is 184 g/mol. The van der Waals surface area contributed by atoms with E-state index in [1.54, 1.807) is 0 Å². The summed E-state index contributed by atoms with van der Waals surface area (Å²) < 4.78 is 0. The SMILES string of the molecule is CSCSCC1(C)CCCCC1. The Hall–Kier alpha value is 0.700. The Morgan fingerprint density at radius 1 is 1.17 bits per heavy atom. The van der Waals surface area contributed by atoms with Gasteiger partial charge in [0.25, 0.3) is 0 Å². The molecule has 0 amide bonds. The van der Waals surface area contributed by atoms with Crippen LogP contribution in [0, 0.1) is 5.41 Å². The molecule has 0 aromatic rings. The predicted octanol–water partition coefficient (Wildman–Crippen LogP) is 4.01. The summed E-state index contributed by atoms with van der Waals surface area (Å²) in [5, 5.41) is 1.27. The van der Waals surface area contributed by atoms with Gasteiger partial charge >= 0.3 is 0 Å². The van der Waals surface area contributed by atoms with Gasteiger partial charge in [-0.25, -0.2) is 0 Å². The molecule has 72 valence electrons. The minimum atomic E-state index is 0.679. The van der Waals surface area contributed by atoms with Crippen molar-refractivity contribution in [2.75, 3.05) is 17.1 Å². The fraction of sp³-hybridized carbons (Fsp3) is 1.00. The van der Waals surface area contributed by atoms with Crippen molar-refractivity contribution in [2.45, 2.75) is 39.0 Å². The van der Waals surface area contributed by atoms with Gasteiger partial charge in [0.15, 0.2) is 0 Å². The Labute approximate surface area is 85.3 Å². The molecule has 0 bridgehead atoms. The van der Waals surface area contributed by atoms with Gasteiger partial charge in [-0.15, -0.1) is 0 Å². The van der Waals surface area contributed by atoms with E-state index in [0.717, 1.165) is 0 Å². The van der Waals surface area contributed by atoms with Crippen LogP contribution in [-0.4, -0.2) is 17.1 Å². The second-order valence-electron chi connectivity index (χ2n) is 4.13. The van der Waals surface area contributed by atoms with Crippen molar-refractivity contribution < 1.29 is 0 Å². The van der Waals surface area contributed by atoms with E-state index in [4.69, 9.17) is 0 Å². The highest BCUT2D eigenvalue weighted by molar-refractivity contribution is 8.15. The molecule has 1 aliphatic rings. The van der Waals surface area contributed by atoms with Crippen LogP contribution in [0.5, 0.6) is 0 Å². The molecule has 1 aliphatic carbocycles. The standard InChI is InChI=1S/C10H20S2/c1-10(8-12-9-11-2)6-4-3-5-7-10/h3-9H2,1-2H3. The third-order valence-corrected chi connectivity index (χ3v) is 5.22. The van der Waals surface area contributed by atoms with Gasteiger partial charge in [0, 0.05) is 5.08 Å². The van der Waals surface area contributed by atoms with Crippen LogP contribution in [0.4, 0.5) is 0 Å². The van der Waals surface area contributed by atoms with Gasteiger partial charge in [0.1, 0.15) is 0 Å². The number of hydrogen-bond acceptors (Lipinski definition) is 2. The summed E-state index contributed by atoms with van der Waals surface area (Å²) in [6.45, 7) is 2.47. The number of rotatable bonds is 4. The smallest absolute Gasteiger partial charge is 0.0389 e. The average Bonchev–Trinajstić information content (AvgIpc) is 2.06. The van der Waals surface area contributed by atoms with Crippen LogP contribution in [0.2, 0.25) is 0 Å². The molecule has 0 aliphatic heterocycles. The van der Waals surface area contributed by atoms with Crippen LogP contribution in [0.1, 0.15) is 39.0 Å². The highest BCUT2D eigenvalue weighted by atomic mass is 32.2. The molecular formula is C10H20S2. The summed E-state index contributed by atoms with van der Waals surface area (Å²) in [5.41, 5.74) is 0.679. The maximum Gasteiger partial charge on any atom is 0.0389 e. The Kier molecular flexibility index (Phi) is 4.88. The molecule has 0 saturated heterocycles. The molecule has 0 heterocycles. The normalized spacial score (nSPS) is 22.5. The fourth-order valence-electron chi connectivity index (χ4n) is 1.92. The van der Waals surface area contributed by atoms with Crippen LogP contribution >= 0.6 is 23.5 Å². The first-order chi connectivity index (χ1) is 5.77. The molecule has 1 fully saturated rings. The minimum Gasteiger partial charge on any atom is -0.155 e. The largest absolute Gasteiger partial charge is 0.155 e. The summed E-state index contributed by atoms with van der Waals surface area (Å²) >= 11 is 4.07. The summed E-state index contributed by atoms with van der Waals surface area (Å²) in [5.74, 6) is 1.38. The Morgan fingerprint density at radius 2 is 1.83 bits per heavy atom. The van der Waals surface area contributed by atoms with Gasteiger partial charge in [0.05, 0.1) is 0 Å². The third kappa shape index (κ3) is 3.61. The second kappa shape index (κ2) is 5.43. The highest BCUT2D eigenvalue weighted by Gasteiger charge is 2.26. The van der Waals surface area contributed by atoms with E-state index in [2.05, 4.69) is 24.9 Å². The van der Waals surface area contributed by atoms with E-state index in [0.29, 0.717) is 5.41 Å². The molecule has 0 aromatic carbocycles. The summed E-state index contributed by atoms with van der Waals surface area (Å²) in [7, 11) is 0. The van der Waals surface area contributed by atoms with Gasteiger partial charge in [-0.3, -0.25) is 0 Å². The molecule has 0 nitrogen and oxygen atoms in total. The fourth-order valence-corrected chi connectivity index (χ4v) is 3.70. The average molecular weight is 204 g/mol. The first-order valence-corrected chi connectivity index (χ1v) is 7.38. The molecule has 0 atom stereocenters. The van der Waals surface area contributed by atoms with Gasteiger partial charge < -0.3 is 0 Å². The molecule has 0 unspecified atom stereocenters. The van der Waals surface area contributed by atoms with Gasteiger partial charge in [-0.2, -0.15) is 23.5 Å². The van der Waals surface area contributed by atoms with Crippen molar-refractivity contribution in [3.05, 3.63) is 0 Å². The second-order valence-corrected chi connectivity index (χ2v) is 6.34. The monoisotopic (exact) mass is 204 g/mol. The van der Waals surface area contributed by atoms with Crippen LogP contribution in [-0.2, 0) is 0 Å². The molecule has 0 N–H and O–H groups in total. The first-order valence-electron chi connectivity index (χ1n) is 4.83. The molecule has 0 spiro atoms. The van der Waals surface area contributed by atoms with Gasteiger partial charge in [0.2, 0.25) is 0 Å². The molecule has 12 heavy (non-hydrogen) atoms. The lowest BCUT2D eigenvalue weighted by atomic mass is 9.77. The first kappa shape index (κ1) is 10.8. The number of thioether (sulfide) groups is 2. The van der Waals surface area contributed by atoms with Gasteiger partial charge in [-0.05, 0) is 30.3 Å². The Morgan fingerprint density at radius 3 is 2.42 bits per heavy atom. The topological polar surface area (TPSA) is 0 Å². The zero-order valence-electron chi connectivity index (χ0n) is 8.27. The molecule has 2 heteroatoms. The van der Waals surface area contributed by atoms with Crippen molar-refractivity contribution in [1.29, 1.82) is 0 Å². The van der Waals surface area contributed by atoms with Crippen molar-refractivity contribution in [3.8, 4) is 0 Å². The van der Waals surface area contributed by atoms with E-state index >= 15 is 0 Å². The van der Waals surface area contributed by atoms with Crippen LogP contribution in [0.3, 0.4) is 0 Å². The summed E-state index contributed by atoms with van der Waals surface area (Å²) in [4.78, 5) is 0. The summed E-state index contributed by atoms with van der Waals surface area (Å²) in [6.07, 6.45) is 9.54. The zero-order valence-corrected chi connectivity index (χ0v) is 9.90.